The molecule has 1 saturated carbocycles. The van der Waals surface area contributed by atoms with Crippen LogP contribution in [0.2, 0.25) is 0 Å². The van der Waals surface area contributed by atoms with Gasteiger partial charge in [0.05, 0.1) is 40.6 Å². The van der Waals surface area contributed by atoms with Gasteiger partial charge in [-0.25, -0.2) is 4.68 Å². The van der Waals surface area contributed by atoms with Crippen LogP contribution >= 0.6 is 0 Å². The fourth-order valence-electron chi connectivity index (χ4n) is 5.07. The van der Waals surface area contributed by atoms with Crippen molar-refractivity contribution in [1.82, 2.24) is 25.3 Å². The minimum Gasteiger partial charge on any atom is -0.383 e. The van der Waals surface area contributed by atoms with Crippen LogP contribution in [-0.2, 0) is 6.54 Å². The molecule has 3 N–H and O–H groups in total. The lowest BCUT2D eigenvalue weighted by molar-refractivity contribution is 0.0965. The van der Waals surface area contributed by atoms with E-state index in [0.717, 1.165) is 24.0 Å². The van der Waals surface area contributed by atoms with Gasteiger partial charge in [-0.15, -0.1) is 5.10 Å². The Kier molecular flexibility index (Phi) is 6.11. The van der Waals surface area contributed by atoms with Crippen molar-refractivity contribution in [3.63, 3.8) is 0 Å². The zero-order chi connectivity index (χ0) is 28.0. The molecule has 0 bridgehead atoms. The number of nitrogens with zero attached hydrogens (tertiary/aromatic N) is 6. The SMILES string of the molecule is CC(C)(C)CNc1c(C#N)cnc2c(C#N)cc(N[C@H](c3cn(C4CC4)nn3)c3cccc4c3CNC4=O)cc12. The fraction of sp³-hybridized carbons (Fsp3) is 0.333. The molecule has 2 aromatic carbocycles. The van der Waals surface area contributed by atoms with Crippen molar-refractivity contribution in [3.05, 3.63) is 76.2 Å². The second-order valence-electron chi connectivity index (χ2n) is 11.6. The molecule has 1 fully saturated rings. The first-order valence-electron chi connectivity index (χ1n) is 13.3. The summed E-state index contributed by atoms with van der Waals surface area (Å²) in [5.74, 6) is -0.0978. The highest BCUT2D eigenvalue weighted by Gasteiger charge is 2.30. The Morgan fingerprint density at radius 2 is 1.98 bits per heavy atom. The maximum absolute atomic E-state index is 12.5. The summed E-state index contributed by atoms with van der Waals surface area (Å²) < 4.78 is 1.90. The van der Waals surface area contributed by atoms with E-state index in [0.29, 0.717) is 63.8 Å². The van der Waals surface area contributed by atoms with Gasteiger partial charge in [0.1, 0.15) is 17.8 Å². The highest BCUT2D eigenvalue weighted by atomic mass is 16.1. The van der Waals surface area contributed by atoms with Crippen LogP contribution in [0.5, 0.6) is 0 Å². The van der Waals surface area contributed by atoms with E-state index in [1.165, 1.54) is 6.20 Å². The third-order valence-electron chi connectivity index (χ3n) is 7.26. The molecule has 0 unspecified atom stereocenters. The van der Waals surface area contributed by atoms with Crippen molar-refractivity contribution in [2.45, 2.75) is 52.2 Å². The molecule has 4 aromatic rings. The van der Waals surface area contributed by atoms with Crippen LogP contribution in [-0.4, -0.2) is 32.4 Å². The van der Waals surface area contributed by atoms with Crippen molar-refractivity contribution in [3.8, 4) is 12.1 Å². The largest absolute Gasteiger partial charge is 0.383 e. The van der Waals surface area contributed by atoms with Crippen molar-refractivity contribution in [1.29, 1.82) is 10.5 Å². The Bertz CT molecular complexity index is 1730. The minimum atomic E-state index is -0.433. The van der Waals surface area contributed by atoms with Crippen LogP contribution in [0.3, 0.4) is 0 Å². The van der Waals surface area contributed by atoms with Gasteiger partial charge in [0.2, 0.25) is 0 Å². The Morgan fingerprint density at radius 3 is 2.70 bits per heavy atom. The molecule has 0 spiro atoms. The number of aromatic nitrogens is 4. The summed E-state index contributed by atoms with van der Waals surface area (Å²) in [5, 5.41) is 39.4. The second-order valence-corrected chi connectivity index (χ2v) is 11.6. The van der Waals surface area contributed by atoms with Crippen LogP contribution in [0.1, 0.15) is 84.0 Å². The van der Waals surface area contributed by atoms with Crippen LogP contribution in [0.4, 0.5) is 11.4 Å². The average Bonchev–Trinajstić information content (AvgIpc) is 3.55. The Hall–Kier alpha value is -4.96. The van der Waals surface area contributed by atoms with E-state index in [9.17, 15) is 15.3 Å². The molecule has 200 valence electrons. The number of carbonyl (C=O) groups excluding carboxylic acids is 1. The number of rotatable bonds is 7. The third-order valence-corrected chi connectivity index (χ3v) is 7.26. The van der Waals surface area contributed by atoms with E-state index in [1.54, 1.807) is 6.07 Å². The molecule has 2 aliphatic rings. The highest BCUT2D eigenvalue weighted by Crippen LogP contribution is 2.38. The minimum absolute atomic E-state index is 0.0339. The number of hydrogen-bond acceptors (Lipinski definition) is 8. The van der Waals surface area contributed by atoms with Crippen LogP contribution in [0.25, 0.3) is 10.9 Å². The van der Waals surface area contributed by atoms with Gasteiger partial charge < -0.3 is 16.0 Å². The molecule has 6 rings (SSSR count). The molecule has 40 heavy (non-hydrogen) atoms. The number of nitriles is 2. The first-order valence-corrected chi connectivity index (χ1v) is 13.3. The summed E-state index contributed by atoms with van der Waals surface area (Å²) in [6.45, 7) is 7.39. The lowest BCUT2D eigenvalue weighted by Crippen LogP contribution is -2.20. The molecular weight excluding hydrogens is 502 g/mol. The molecular formula is C30H29N9O. The fourth-order valence-corrected chi connectivity index (χ4v) is 5.07. The summed E-state index contributed by atoms with van der Waals surface area (Å²) in [5.41, 5.74) is 5.78. The van der Waals surface area contributed by atoms with Crippen LogP contribution < -0.4 is 16.0 Å². The van der Waals surface area contributed by atoms with Gasteiger partial charge >= 0.3 is 0 Å². The highest BCUT2D eigenvalue weighted by molar-refractivity contribution is 6.00. The number of benzene rings is 2. The number of fused-ring (bicyclic) bond motifs is 2. The Labute approximate surface area is 232 Å². The molecule has 1 aliphatic carbocycles. The standard InChI is InChI=1S/C30H29N9O/c1-30(2,3)16-35-27-18(12-32)13-33-26-17(11-31)9-19(10-23(26)27)36-28(25-15-39(38-37-25)20-7-8-20)21-5-4-6-22-24(21)14-34-29(22)40/h4-6,9-10,13,15,20,28,36H,7-8,14,16H2,1-3H3,(H,33,35)(H,34,40)/t28-/m0/s1. The number of amides is 1. The smallest absolute Gasteiger partial charge is 0.251 e. The van der Waals surface area contributed by atoms with E-state index in [1.807, 2.05) is 35.1 Å². The van der Waals surface area contributed by atoms with Crippen LogP contribution in [0.15, 0.2) is 42.7 Å². The molecule has 10 nitrogen and oxygen atoms in total. The summed E-state index contributed by atoms with van der Waals surface area (Å²) in [6.07, 6.45) is 5.62. The lowest BCUT2D eigenvalue weighted by atomic mass is 9.94. The molecule has 0 saturated heterocycles. The first kappa shape index (κ1) is 25.3. The quantitative estimate of drug-likeness (QED) is 0.308. The molecule has 3 heterocycles. The Morgan fingerprint density at radius 1 is 1.18 bits per heavy atom. The molecule has 1 atom stereocenters. The van der Waals surface area contributed by atoms with E-state index in [-0.39, 0.29) is 11.3 Å². The first-order chi connectivity index (χ1) is 19.3. The monoisotopic (exact) mass is 531 g/mol. The Balaban J connectivity index is 1.48. The van der Waals surface area contributed by atoms with Gasteiger partial charge in [0.25, 0.3) is 5.91 Å². The molecule has 0 radical (unpaired) electrons. The summed E-state index contributed by atoms with van der Waals surface area (Å²) in [6, 6.07) is 13.8. The van der Waals surface area contributed by atoms with Crippen molar-refractivity contribution in [2.24, 2.45) is 5.41 Å². The lowest BCUT2D eigenvalue weighted by Gasteiger charge is -2.23. The van der Waals surface area contributed by atoms with Crippen LogP contribution in [0, 0.1) is 28.1 Å². The predicted octanol–water partition coefficient (Wildman–Crippen LogP) is 4.81. The van der Waals surface area contributed by atoms with E-state index in [4.69, 9.17) is 0 Å². The normalized spacial score (nSPS) is 15.2. The van der Waals surface area contributed by atoms with E-state index in [2.05, 4.69) is 64.2 Å². The average molecular weight is 532 g/mol. The zero-order valence-electron chi connectivity index (χ0n) is 22.6. The van der Waals surface area contributed by atoms with Gasteiger partial charge in [-0.1, -0.05) is 38.1 Å². The number of pyridine rings is 1. The molecule has 1 amide bonds. The van der Waals surface area contributed by atoms with Crippen molar-refractivity contribution >= 4 is 28.2 Å². The van der Waals surface area contributed by atoms with Gasteiger partial charge in [-0.2, -0.15) is 10.5 Å². The van der Waals surface area contributed by atoms with Gasteiger partial charge in [0, 0.05) is 35.9 Å². The second kappa shape index (κ2) is 9.65. The zero-order valence-corrected chi connectivity index (χ0v) is 22.6. The summed E-state index contributed by atoms with van der Waals surface area (Å²) in [4.78, 5) is 16.9. The number of carbonyl (C=O) groups is 1. The topological polar surface area (TPSA) is 144 Å². The van der Waals surface area contributed by atoms with Crippen molar-refractivity contribution in [2.75, 3.05) is 17.2 Å². The van der Waals surface area contributed by atoms with E-state index < -0.39 is 6.04 Å². The predicted molar refractivity (Wildman–Crippen MR) is 150 cm³/mol. The summed E-state index contributed by atoms with van der Waals surface area (Å²) >= 11 is 0. The summed E-state index contributed by atoms with van der Waals surface area (Å²) in [7, 11) is 0. The molecule has 2 aromatic heterocycles. The van der Waals surface area contributed by atoms with Gasteiger partial charge in [-0.05, 0) is 47.6 Å². The van der Waals surface area contributed by atoms with Gasteiger partial charge in [-0.3, -0.25) is 9.78 Å². The third kappa shape index (κ3) is 4.69. The number of hydrogen-bond donors (Lipinski definition) is 3. The number of anilines is 2. The number of nitrogens with one attached hydrogen (secondary N) is 3. The van der Waals surface area contributed by atoms with Crippen molar-refractivity contribution < 1.29 is 4.79 Å². The maximum Gasteiger partial charge on any atom is 0.251 e. The maximum atomic E-state index is 12.5. The molecule has 10 heteroatoms. The molecule has 1 aliphatic heterocycles. The van der Waals surface area contributed by atoms with Gasteiger partial charge in [0.15, 0.2) is 0 Å². The van der Waals surface area contributed by atoms with E-state index >= 15 is 0 Å².